The van der Waals surface area contributed by atoms with Crippen LogP contribution >= 0.6 is 11.3 Å². The lowest BCUT2D eigenvalue weighted by Crippen LogP contribution is -2.53. The topological polar surface area (TPSA) is 166 Å². The zero-order valence-corrected chi connectivity index (χ0v) is 24.8. The number of likely N-dealkylation sites (tertiary alicyclic amines) is 1. The van der Waals surface area contributed by atoms with E-state index in [4.69, 9.17) is 21.9 Å². The van der Waals surface area contributed by atoms with Crippen LogP contribution in [0.4, 0.5) is 5.69 Å². The highest BCUT2D eigenvalue weighted by molar-refractivity contribution is 7.21. The first-order valence-corrected chi connectivity index (χ1v) is 15.0. The number of ether oxygens (including phenoxy) is 1. The largest absolute Gasteiger partial charge is 0.457 e. The summed E-state index contributed by atoms with van der Waals surface area (Å²) in [6, 6.07) is 17.0. The molecule has 1 saturated heterocycles. The van der Waals surface area contributed by atoms with Gasteiger partial charge < -0.3 is 37.5 Å². The van der Waals surface area contributed by atoms with Crippen molar-refractivity contribution in [1.82, 2.24) is 15.5 Å². The Bertz CT molecular complexity index is 1760. The van der Waals surface area contributed by atoms with Crippen LogP contribution in [0.1, 0.15) is 44.4 Å². The third-order valence-corrected chi connectivity index (χ3v) is 9.58. The average Bonchev–Trinajstić information content (AvgIpc) is 3.62. The average molecular weight is 599 g/mol. The highest BCUT2D eigenvalue weighted by atomic mass is 32.1. The molecule has 0 radical (unpaired) electrons. The second-order valence-corrected chi connectivity index (χ2v) is 12.1. The Morgan fingerprint density at radius 1 is 1.09 bits per heavy atom. The van der Waals surface area contributed by atoms with E-state index in [9.17, 15) is 14.4 Å². The Morgan fingerprint density at radius 3 is 2.56 bits per heavy atom. The third-order valence-electron chi connectivity index (χ3n) is 8.33. The van der Waals surface area contributed by atoms with E-state index in [1.54, 1.807) is 36.2 Å². The minimum absolute atomic E-state index is 0.0181. The first-order chi connectivity index (χ1) is 20.6. The van der Waals surface area contributed by atoms with Crippen molar-refractivity contribution in [2.24, 2.45) is 11.5 Å². The zero-order valence-electron chi connectivity index (χ0n) is 24.0. The van der Waals surface area contributed by atoms with Gasteiger partial charge in [-0.05, 0) is 67.4 Å². The summed E-state index contributed by atoms with van der Waals surface area (Å²) in [6.07, 6.45) is 0.634. The van der Waals surface area contributed by atoms with Gasteiger partial charge in [0, 0.05) is 35.8 Å². The minimum Gasteiger partial charge on any atom is -0.457 e. The van der Waals surface area contributed by atoms with Crippen LogP contribution in [0.2, 0.25) is 0 Å². The minimum atomic E-state index is -1.57. The van der Waals surface area contributed by atoms with Gasteiger partial charge in [-0.25, -0.2) is 0 Å². The molecule has 3 atom stereocenters. The zero-order chi connectivity index (χ0) is 30.5. The Balaban J connectivity index is 1.37. The van der Waals surface area contributed by atoms with Crippen LogP contribution in [-0.2, 0) is 15.1 Å². The van der Waals surface area contributed by atoms with E-state index in [1.807, 2.05) is 43.3 Å². The predicted octanol–water partition coefficient (Wildman–Crippen LogP) is 2.92. The van der Waals surface area contributed by atoms with Gasteiger partial charge in [0.05, 0.1) is 22.2 Å². The number of ketones is 1. The van der Waals surface area contributed by atoms with Gasteiger partial charge in [0.2, 0.25) is 5.91 Å². The molecule has 3 aromatic carbocycles. The molecule has 3 unspecified atom stereocenters. The molecule has 222 valence electrons. The summed E-state index contributed by atoms with van der Waals surface area (Å²) >= 11 is 1.21. The summed E-state index contributed by atoms with van der Waals surface area (Å²) in [5, 5.41) is 6.56. The molecule has 11 heteroatoms. The monoisotopic (exact) mass is 598 g/mol. The molecule has 2 aliphatic rings. The van der Waals surface area contributed by atoms with Gasteiger partial charge in [-0.1, -0.05) is 30.3 Å². The Hall–Kier alpha value is -4.29. The quantitative estimate of drug-likeness (QED) is 0.203. The normalized spacial score (nSPS) is 21.3. The number of benzene rings is 3. The van der Waals surface area contributed by atoms with Crippen LogP contribution in [0.3, 0.4) is 0 Å². The summed E-state index contributed by atoms with van der Waals surface area (Å²) in [4.78, 5) is 42.2. The van der Waals surface area contributed by atoms with Crippen molar-refractivity contribution < 1.29 is 19.1 Å². The number of rotatable bonds is 7. The Morgan fingerprint density at radius 2 is 1.84 bits per heavy atom. The predicted molar refractivity (Wildman–Crippen MR) is 167 cm³/mol. The van der Waals surface area contributed by atoms with Gasteiger partial charge >= 0.3 is 0 Å². The lowest BCUT2D eigenvalue weighted by Gasteiger charge is -2.37. The molecular weight excluding hydrogens is 564 g/mol. The second-order valence-electron chi connectivity index (χ2n) is 11.1. The number of nitrogens with two attached hydrogens (primary N) is 3. The number of nitrogens with zero attached hydrogens (tertiary/aromatic N) is 1. The number of carbonyl (C=O) groups is 3. The molecular formula is C32H34N6O4S. The van der Waals surface area contributed by atoms with Crippen molar-refractivity contribution in [3.05, 3.63) is 87.8 Å². The molecule has 10 nitrogen and oxygen atoms in total. The van der Waals surface area contributed by atoms with E-state index in [-0.39, 0.29) is 24.4 Å². The number of nitrogens with one attached hydrogen (secondary N) is 2. The molecule has 0 spiro atoms. The maximum Gasteiger partial charge on any atom is 0.262 e. The number of aryl methyl sites for hydroxylation is 1. The number of thiophene rings is 1. The number of amides is 2. The van der Waals surface area contributed by atoms with E-state index in [1.165, 1.54) is 11.3 Å². The maximum absolute atomic E-state index is 14.2. The van der Waals surface area contributed by atoms with Crippen LogP contribution in [0.5, 0.6) is 11.5 Å². The van der Waals surface area contributed by atoms with Crippen molar-refractivity contribution in [1.29, 1.82) is 0 Å². The molecule has 2 amide bonds. The summed E-state index contributed by atoms with van der Waals surface area (Å²) in [5.74, 6) is 0.524. The fourth-order valence-corrected chi connectivity index (χ4v) is 7.42. The van der Waals surface area contributed by atoms with E-state index < -0.39 is 17.4 Å². The molecule has 6 rings (SSSR count). The van der Waals surface area contributed by atoms with Crippen LogP contribution in [0, 0.1) is 6.92 Å². The second kappa shape index (κ2) is 11.1. The van der Waals surface area contributed by atoms with Crippen LogP contribution in [0.15, 0.2) is 60.7 Å². The van der Waals surface area contributed by atoms with Gasteiger partial charge in [0.1, 0.15) is 17.0 Å². The highest BCUT2D eigenvalue weighted by Crippen LogP contribution is 2.50. The number of nitrogen functional groups attached to an aromatic ring is 1. The van der Waals surface area contributed by atoms with Crippen molar-refractivity contribution in [2.75, 3.05) is 32.4 Å². The van der Waals surface area contributed by atoms with Crippen LogP contribution < -0.4 is 32.6 Å². The van der Waals surface area contributed by atoms with Gasteiger partial charge in [-0.3, -0.25) is 14.4 Å². The number of likely N-dealkylation sites (N-methyl/N-ethyl adjacent to an activating group) is 1. The maximum atomic E-state index is 14.2. The lowest BCUT2D eigenvalue weighted by atomic mass is 9.69. The van der Waals surface area contributed by atoms with Crippen molar-refractivity contribution in [3.63, 3.8) is 0 Å². The third kappa shape index (κ3) is 4.84. The van der Waals surface area contributed by atoms with Crippen molar-refractivity contribution in [2.45, 2.75) is 31.0 Å². The van der Waals surface area contributed by atoms with Crippen LogP contribution in [0.25, 0.3) is 10.1 Å². The first kappa shape index (κ1) is 28.8. The summed E-state index contributed by atoms with van der Waals surface area (Å²) in [7, 11) is 1.72. The fourth-order valence-electron chi connectivity index (χ4n) is 6.21. The molecule has 4 aromatic rings. The summed E-state index contributed by atoms with van der Waals surface area (Å²) < 4.78 is 6.65. The molecule has 1 aliphatic carbocycles. The number of carbonyl (C=O) groups excluding carboxylic acids is 3. The smallest absolute Gasteiger partial charge is 0.262 e. The number of Topliss-reactive ketones (excluding diaryl/α,β-unsaturated/α-hetero) is 1. The number of anilines is 1. The Labute approximate surface area is 253 Å². The van der Waals surface area contributed by atoms with Gasteiger partial charge in [0.25, 0.3) is 5.91 Å². The lowest BCUT2D eigenvalue weighted by molar-refractivity contribution is -0.129. The molecule has 8 N–H and O–H groups in total. The van der Waals surface area contributed by atoms with Gasteiger partial charge in [0.15, 0.2) is 5.78 Å². The molecule has 1 fully saturated rings. The number of hydrogen-bond donors (Lipinski definition) is 5. The first-order valence-electron chi connectivity index (χ1n) is 14.1. The Kier molecular flexibility index (Phi) is 7.43. The molecule has 43 heavy (non-hydrogen) atoms. The SMILES string of the molecule is CNCC(=O)N1CCC(NC(=O)c2sc3c(N)ccc4c3c2C(N)C(=O)C4(N)c2ccc(Oc3ccccc3)cc2C)C1. The molecule has 2 heterocycles. The van der Waals surface area contributed by atoms with Gasteiger partial charge in [-0.2, -0.15) is 0 Å². The standard InChI is InChI=1S/C32H34N6O4S/c1-17-14-20(42-19-6-4-3-5-7-19)8-9-21(17)32(35)22-10-11-23(33)28-25(22)26(27(34)30(32)40)29(43-28)31(41)37-18-12-13-38(16-18)24(39)15-36-2/h3-11,14,18,27,36H,12-13,15-16,33-35H2,1-2H3,(H,37,41). The van der Waals surface area contributed by atoms with Crippen molar-refractivity contribution in [3.8, 4) is 11.5 Å². The highest BCUT2D eigenvalue weighted by Gasteiger charge is 2.49. The fraction of sp³-hybridized carbons (Fsp3) is 0.281. The molecule has 1 aromatic heterocycles. The molecule has 0 saturated carbocycles. The number of para-hydroxylation sites is 1. The van der Waals surface area contributed by atoms with E-state index in [0.717, 1.165) is 5.56 Å². The summed E-state index contributed by atoms with van der Waals surface area (Å²) in [5.41, 5.74) is 21.4. The number of hydrogen-bond acceptors (Lipinski definition) is 9. The molecule has 0 bridgehead atoms. The molecule has 1 aliphatic heterocycles. The van der Waals surface area contributed by atoms with Crippen LogP contribution in [-0.4, -0.2) is 55.2 Å². The van der Waals surface area contributed by atoms with Crippen molar-refractivity contribution >= 4 is 44.7 Å². The van der Waals surface area contributed by atoms with Gasteiger partial charge in [-0.15, -0.1) is 11.3 Å². The van der Waals surface area contributed by atoms with E-state index in [0.29, 0.717) is 68.4 Å². The van der Waals surface area contributed by atoms with E-state index in [2.05, 4.69) is 10.6 Å². The van der Waals surface area contributed by atoms with E-state index >= 15 is 0 Å². The summed E-state index contributed by atoms with van der Waals surface area (Å²) in [6.45, 7) is 3.09.